The molecule has 2 N–H and O–H groups in total. The molecule has 0 aliphatic carbocycles. The maximum atomic E-state index is 11.8. The lowest BCUT2D eigenvalue weighted by Crippen LogP contribution is -2.15. The van der Waals surface area contributed by atoms with E-state index >= 15 is 0 Å². The minimum atomic E-state index is -0.0406. The predicted molar refractivity (Wildman–Crippen MR) is 66.8 cm³/mol. The number of amides is 1. The van der Waals surface area contributed by atoms with E-state index in [2.05, 4.69) is 15.5 Å². The van der Waals surface area contributed by atoms with E-state index in [0.717, 1.165) is 16.9 Å². The van der Waals surface area contributed by atoms with Crippen molar-refractivity contribution in [2.75, 3.05) is 5.32 Å². The highest BCUT2D eigenvalue weighted by atomic mass is 16.1. The third kappa shape index (κ3) is 2.93. The number of aryl methyl sites for hydroxylation is 2. The number of nitrogens with one attached hydrogen (secondary N) is 2. The van der Waals surface area contributed by atoms with Crippen LogP contribution < -0.4 is 5.32 Å². The third-order valence-electron chi connectivity index (χ3n) is 2.57. The molecule has 0 atom stereocenters. The van der Waals surface area contributed by atoms with Gasteiger partial charge < -0.3 is 5.32 Å². The van der Waals surface area contributed by atoms with E-state index in [9.17, 15) is 4.79 Å². The summed E-state index contributed by atoms with van der Waals surface area (Å²) in [5.41, 5.74) is 3.93. The summed E-state index contributed by atoms with van der Waals surface area (Å²) in [7, 11) is 0. The van der Waals surface area contributed by atoms with Gasteiger partial charge in [0.25, 0.3) is 0 Å². The second-order valence-corrected chi connectivity index (χ2v) is 4.13. The van der Waals surface area contributed by atoms with Crippen molar-refractivity contribution in [1.82, 2.24) is 10.2 Å². The number of H-pyrrole nitrogens is 1. The molecule has 1 aromatic carbocycles. The smallest absolute Gasteiger partial charge is 0.230 e. The van der Waals surface area contributed by atoms with Crippen molar-refractivity contribution in [2.45, 2.75) is 20.3 Å². The van der Waals surface area contributed by atoms with Crippen molar-refractivity contribution in [1.29, 1.82) is 0 Å². The largest absolute Gasteiger partial charge is 0.326 e. The first-order valence-corrected chi connectivity index (χ1v) is 5.50. The highest BCUT2D eigenvalue weighted by molar-refractivity contribution is 5.92. The molecule has 0 radical (unpaired) electrons. The van der Waals surface area contributed by atoms with Gasteiger partial charge in [-0.05, 0) is 31.5 Å². The molecule has 0 fully saturated rings. The number of rotatable bonds is 3. The van der Waals surface area contributed by atoms with Crippen LogP contribution >= 0.6 is 0 Å². The number of carbonyl (C=O) groups excluding carboxylic acids is 1. The van der Waals surface area contributed by atoms with Gasteiger partial charge in [0.15, 0.2) is 0 Å². The van der Waals surface area contributed by atoms with Crippen LogP contribution in [-0.4, -0.2) is 16.1 Å². The van der Waals surface area contributed by atoms with Crippen LogP contribution in [0, 0.1) is 13.8 Å². The molecular formula is C13H15N3O. The fraction of sp³-hybridized carbons (Fsp3) is 0.231. The van der Waals surface area contributed by atoms with Crippen molar-refractivity contribution < 1.29 is 4.79 Å². The Hall–Kier alpha value is -2.10. The molecule has 17 heavy (non-hydrogen) atoms. The fourth-order valence-corrected chi connectivity index (χ4v) is 1.70. The first kappa shape index (κ1) is 11.4. The fourth-order valence-electron chi connectivity index (χ4n) is 1.70. The average Bonchev–Trinajstić information content (AvgIpc) is 2.75. The van der Waals surface area contributed by atoms with Gasteiger partial charge in [0.1, 0.15) is 0 Å². The SMILES string of the molecule is Cc1ccc(NC(=O)Cc2ccn[nH]2)c(C)c1. The van der Waals surface area contributed by atoms with Gasteiger partial charge in [0.2, 0.25) is 5.91 Å². The molecule has 4 nitrogen and oxygen atoms in total. The zero-order valence-corrected chi connectivity index (χ0v) is 9.95. The zero-order chi connectivity index (χ0) is 12.3. The molecule has 0 unspecified atom stereocenters. The molecule has 1 heterocycles. The number of anilines is 1. The van der Waals surface area contributed by atoms with E-state index in [0.29, 0.717) is 6.42 Å². The molecule has 0 spiro atoms. The molecule has 1 amide bonds. The van der Waals surface area contributed by atoms with E-state index in [1.807, 2.05) is 32.0 Å². The minimum Gasteiger partial charge on any atom is -0.326 e. The van der Waals surface area contributed by atoms with Crippen LogP contribution in [0.15, 0.2) is 30.5 Å². The second-order valence-electron chi connectivity index (χ2n) is 4.13. The molecule has 0 aliphatic heterocycles. The number of hydrogen-bond donors (Lipinski definition) is 2. The van der Waals surface area contributed by atoms with Crippen LogP contribution in [0.3, 0.4) is 0 Å². The quantitative estimate of drug-likeness (QED) is 0.847. The van der Waals surface area contributed by atoms with E-state index in [1.54, 1.807) is 12.3 Å². The van der Waals surface area contributed by atoms with Crippen LogP contribution in [0.25, 0.3) is 0 Å². The van der Waals surface area contributed by atoms with Crippen molar-refractivity contribution in [3.8, 4) is 0 Å². The first-order valence-electron chi connectivity index (χ1n) is 5.50. The molecule has 0 aliphatic rings. The number of benzene rings is 1. The Balaban J connectivity index is 2.03. The molecule has 0 saturated carbocycles. The molecule has 0 bridgehead atoms. The Kier molecular flexibility index (Phi) is 3.23. The van der Waals surface area contributed by atoms with Crippen molar-refractivity contribution in [3.05, 3.63) is 47.3 Å². The van der Waals surface area contributed by atoms with Crippen LogP contribution in [0.2, 0.25) is 0 Å². The second kappa shape index (κ2) is 4.82. The van der Waals surface area contributed by atoms with Gasteiger partial charge in [0.05, 0.1) is 6.42 Å². The molecule has 2 aromatic rings. The average molecular weight is 229 g/mol. The first-order chi connectivity index (χ1) is 8.15. The highest BCUT2D eigenvalue weighted by Crippen LogP contribution is 2.16. The van der Waals surface area contributed by atoms with E-state index in [1.165, 1.54) is 5.56 Å². The molecule has 88 valence electrons. The maximum Gasteiger partial charge on any atom is 0.230 e. The van der Waals surface area contributed by atoms with E-state index < -0.39 is 0 Å². The number of carbonyl (C=O) groups is 1. The zero-order valence-electron chi connectivity index (χ0n) is 9.95. The summed E-state index contributed by atoms with van der Waals surface area (Å²) in [6, 6.07) is 7.75. The highest BCUT2D eigenvalue weighted by Gasteiger charge is 2.06. The predicted octanol–water partition coefficient (Wildman–Crippen LogP) is 2.21. The van der Waals surface area contributed by atoms with Gasteiger partial charge in [0, 0.05) is 17.6 Å². The number of hydrogen-bond acceptors (Lipinski definition) is 2. The Bertz CT molecular complexity index is 517. The van der Waals surface area contributed by atoms with Crippen LogP contribution in [-0.2, 0) is 11.2 Å². The van der Waals surface area contributed by atoms with Crippen LogP contribution in [0.4, 0.5) is 5.69 Å². The van der Waals surface area contributed by atoms with Gasteiger partial charge in [-0.15, -0.1) is 0 Å². The lowest BCUT2D eigenvalue weighted by atomic mass is 10.1. The standard InChI is InChI=1S/C13H15N3O/c1-9-3-4-12(10(2)7-9)15-13(17)8-11-5-6-14-16-11/h3-7H,8H2,1-2H3,(H,14,16)(H,15,17). The molecule has 1 aromatic heterocycles. The third-order valence-corrected chi connectivity index (χ3v) is 2.57. The summed E-state index contributed by atoms with van der Waals surface area (Å²) in [5.74, 6) is -0.0406. The molecule has 4 heteroatoms. The summed E-state index contributed by atoms with van der Waals surface area (Å²) < 4.78 is 0. The Morgan fingerprint density at radius 3 is 2.82 bits per heavy atom. The molecule has 0 saturated heterocycles. The summed E-state index contributed by atoms with van der Waals surface area (Å²) >= 11 is 0. The van der Waals surface area contributed by atoms with E-state index in [4.69, 9.17) is 0 Å². The maximum absolute atomic E-state index is 11.8. The lowest BCUT2D eigenvalue weighted by molar-refractivity contribution is -0.115. The number of nitrogens with zero attached hydrogens (tertiary/aromatic N) is 1. The topological polar surface area (TPSA) is 57.8 Å². The Morgan fingerprint density at radius 2 is 2.18 bits per heavy atom. The lowest BCUT2D eigenvalue weighted by Gasteiger charge is -2.08. The van der Waals surface area contributed by atoms with Crippen molar-refractivity contribution in [2.24, 2.45) is 0 Å². The van der Waals surface area contributed by atoms with Gasteiger partial charge in [-0.3, -0.25) is 9.89 Å². The van der Waals surface area contributed by atoms with Crippen molar-refractivity contribution >= 4 is 11.6 Å². The monoisotopic (exact) mass is 229 g/mol. The van der Waals surface area contributed by atoms with E-state index in [-0.39, 0.29) is 5.91 Å². The van der Waals surface area contributed by atoms with Gasteiger partial charge >= 0.3 is 0 Å². The van der Waals surface area contributed by atoms with Crippen LogP contribution in [0.1, 0.15) is 16.8 Å². The van der Waals surface area contributed by atoms with Gasteiger partial charge in [-0.2, -0.15) is 5.10 Å². The summed E-state index contributed by atoms with van der Waals surface area (Å²) in [5, 5.41) is 9.46. The van der Waals surface area contributed by atoms with Crippen LogP contribution in [0.5, 0.6) is 0 Å². The summed E-state index contributed by atoms with van der Waals surface area (Å²) in [6.07, 6.45) is 1.95. The number of aromatic amines is 1. The molecule has 2 rings (SSSR count). The van der Waals surface area contributed by atoms with Crippen molar-refractivity contribution in [3.63, 3.8) is 0 Å². The number of aromatic nitrogens is 2. The van der Waals surface area contributed by atoms with Gasteiger partial charge in [-0.1, -0.05) is 17.7 Å². The summed E-state index contributed by atoms with van der Waals surface area (Å²) in [4.78, 5) is 11.8. The Labute approximate surface area is 100 Å². The van der Waals surface area contributed by atoms with Gasteiger partial charge in [-0.25, -0.2) is 0 Å². The normalized spacial score (nSPS) is 10.2. The molecular weight excluding hydrogens is 214 g/mol. The summed E-state index contributed by atoms with van der Waals surface area (Å²) in [6.45, 7) is 4.02. The Morgan fingerprint density at radius 1 is 1.35 bits per heavy atom. The minimum absolute atomic E-state index is 0.0406.